The highest BCUT2D eigenvalue weighted by molar-refractivity contribution is 8.55. The lowest BCUT2D eigenvalue weighted by Crippen LogP contribution is -2.40. The predicted molar refractivity (Wildman–Crippen MR) is 160 cm³/mol. The number of nitrogens with one attached hydrogen (secondary N) is 2. The molecule has 0 aliphatic carbocycles. The van der Waals surface area contributed by atoms with Gasteiger partial charge in [0.25, 0.3) is 5.56 Å². The van der Waals surface area contributed by atoms with Crippen molar-refractivity contribution in [2.75, 3.05) is 32.0 Å². The van der Waals surface area contributed by atoms with Crippen LogP contribution in [0.15, 0.2) is 34.5 Å². The number of aromatic amines is 2. The first kappa shape index (κ1) is 34.9. The van der Waals surface area contributed by atoms with Crippen molar-refractivity contribution in [1.82, 2.24) is 24.5 Å². The van der Waals surface area contributed by atoms with E-state index in [2.05, 4.69) is 19.9 Å². The van der Waals surface area contributed by atoms with Gasteiger partial charge in [-0.1, -0.05) is 4.98 Å². The molecule has 3 aromatic rings. The van der Waals surface area contributed by atoms with E-state index in [0.29, 0.717) is 22.5 Å². The fourth-order valence-corrected chi connectivity index (χ4v) is 7.83. The first-order chi connectivity index (χ1) is 22.4. The SMILES string of the molecule is COC1[C@@H](OP(=O)(OC[C@H]2O[C@@H]([n+]3c[nH]c4c(N)ncnc43)C[C@H]2O)SCOC(=O)OC(C)C)[C@@H](CO)O[C@H]1n1ccc(=O)[nH]c1=O. The maximum Gasteiger partial charge on any atom is 0.509 e. The number of carbonyl (C=O) groups excluding carboxylic acids is 1. The lowest BCUT2D eigenvalue weighted by molar-refractivity contribution is -0.738. The summed E-state index contributed by atoms with van der Waals surface area (Å²) in [4.78, 5) is 49.3. The summed E-state index contributed by atoms with van der Waals surface area (Å²) in [6.07, 6.45) is -4.99. The summed E-state index contributed by atoms with van der Waals surface area (Å²) >= 11 is 0.481. The molecule has 2 fully saturated rings. The molecule has 0 aromatic carbocycles. The molecule has 2 aliphatic heterocycles. The van der Waals surface area contributed by atoms with E-state index >= 15 is 0 Å². The van der Waals surface area contributed by atoms with E-state index in [1.54, 1.807) is 24.7 Å². The van der Waals surface area contributed by atoms with Gasteiger partial charge in [0, 0.05) is 37.2 Å². The number of nitrogens with two attached hydrogens (primary N) is 1. The number of hydrogen-bond acceptors (Lipinski definition) is 17. The van der Waals surface area contributed by atoms with Crippen molar-refractivity contribution >= 4 is 41.3 Å². The summed E-state index contributed by atoms with van der Waals surface area (Å²) in [5, 5.41) is 20.9. The summed E-state index contributed by atoms with van der Waals surface area (Å²) in [6.45, 7) is -2.24. The molecule has 0 bridgehead atoms. The highest BCUT2D eigenvalue weighted by Gasteiger charge is 2.51. The number of imidazole rings is 1. The van der Waals surface area contributed by atoms with Crippen molar-refractivity contribution < 1.29 is 56.9 Å². The monoisotopic (exact) mass is 704 g/mol. The third-order valence-electron chi connectivity index (χ3n) is 7.19. The molecular formula is C25H35N7O13PS+. The fraction of sp³-hybridized carbons (Fsp3) is 0.600. The summed E-state index contributed by atoms with van der Waals surface area (Å²) in [6, 6.07) is 1.09. The summed E-state index contributed by atoms with van der Waals surface area (Å²) in [5.41, 5.74) is 5.35. The second-order valence-corrected chi connectivity index (χ2v) is 14.6. The minimum Gasteiger partial charge on any atom is -0.432 e. The molecule has 5 rings (SSSR count). The van der Waals surface area contributed by atoms with Crippen molar-refractivity contribution in [2.45, 2.75) is 69.3 Å². The Morgan fingerprint density at radius 2 is 2.06 bits per heavy atom. The van der Waals surface area contributed by atoms with E-state index in [1.165, 1.54) is 19.6 Å². The number of nitrogen functional groups attached to an aromatic ring is 1. The average molecular weight is 705 g/mol. The van der Waals surface area contributed by atoms with Crippen LogP contribution in [-0.4, -0.2) is 104 Å². The van der Waals surface area contributed by atoms with E-state index in [-0.39, 0.29) is 12.2 Å². The van der Waals surface area contributed by atoms with Gasteiger partial charge in [0.1, 0.15) is 24.4 Å². The normalized spacial score (nSPS) is 27.3. The minimum atomic E-state index is -4.38. The van der Waals surface area contributed by atoms with Gasteiger partial charge < -0.3 is 39.6 Å². The zero-order valence-electron chi connectivity index (χ0n) is 25.4. The third-order valence-corrected chi connectivity index (χ3v) is 10.5. The van der Waals surface area contributed by atoms with Gasteiger partial charge in [-0.2, -0.15) is 4.98 Å². The van der Waals surface area contributed by atoms with Crippen molar-refractivity contribution in [3.8, 4) is 0 Å². The number of ether oxygens (including phenoxy) is 5. The fourth-order valence-electron chi connectivity index (χ4n) is 5.04. The first-order valence-electron chi connectivity index (χ1n) is 14.3. The van der Waals surface area contributed by atoms with E-state index < -0.39 is 92.4 Å². The minimum absolute atomic E-state index is 0.114. The van der Waals surface area contributed by atoms with Crippen LogP contribution in [0.25, 0.3) is 11.2 Å². The Labute approximate surface area is 269 Å². The number of anilines is 1. The molecule has 5 heterocycles. The van der Waals surface area contributed by atoms with Crippen LogP contribution in [-0.2, 0) is 37.3 Å². The maximum absolute atomic E-state index is 14.2. The Morgan fingerprint density at radius 1 is 1.28 bits per heavy atom. The molecule has 2 aliphatic rings. The highest BCUT2D eigenvalue weighted by atomic mass is 32.7. The average Bonchev–Trinajstić information content (AvgIpc) is 3.71. The Morgan fingerprint density at radius 3 is 2.77 bits per heavy atom. The Kier molecular flexibility index (Phi) is 11.0. The molecule has 6 N–H and O–H groups in total. The highest BCUT2D eigenvalue weighted by Crippen LogP contribution is 2.63. The molecule has 3 aromatic heterocycles. The van der Waals surface area contributed by atoms with Gasteiger partial charge in [-0.15, -0.1) is 0 Å². The number of H-pyrrole nitrogens is 2. The molecule has 2 saturated heterocycles. The Bertz CT molecular complexity index is 1720. The lowest BCUT2D eigenvalue weighted by Gasteiger charge is -2.27. The molecule has 0 radical (unpaired) electrons. The lowest BCUT2D eigenvalue weighted by atomic mass is 10.1. The molecule has 22 heteroatoms. The van der Waals surface area contributed by atoms with E-state index in [0.717, 1.165) is 10.6 Å². The molecule has 8 atom stereocenters. The molecule has 0 saturated carbocycles. The van der Waals surface area contributed by atoms with Crippen molar-refractivity contribution in [1.29, 1.82) is 0 Å². The number of hydrogen-bond donors (Lipinski definition) is 5. The predicted octanol–water partition coefficient (Wildman–Crippen LogP) is -0.307. The molecule has 47 heavy (non-hydrogen) atoms. The van der Waals surface area contributed by atoms with Crippen LogP contribution in [0, 0.1) is 0 Å². The van der Waals surface area contributed by atoms with Gasteiger partial charge in [0.05, 0.1) is 25.4 Å². The zero-order chi connectivity index (χ0) is 33.9. The van der Waals surface area contributed by atoms with Crippen LogP contribution in [0.5, 0.6) is 0 Å². The van der Waals surface area contributed by atoms with Crippen LogP contribution in [0.1, 0.15) is 32.7 Å². The van der Waals surface area contributed by atoms with Crippen molar-refractivity contribution in [3.05, 3.63) is 45.8 Å². The number of aromatic nitrogens is 6. The van der Waals surface area contributed by atoms with Gasteiger partial charge >= 0.3 is 24.3 Å². The van der Waals surface area contributed by atoms with Crippen LogP contribution in [0.4, 0.5) is 10.6 Å². The number of rotatable bonds is 13. The second-order valence-electron chi connectivity index (χ2n) is 10.7. The van der Waals surface area contributed by atoms with Crippen LogP contribution >= 0.6 is 18.2 Å². The second kappa shape index (κ2) is 14.8. The van der Waals surface area contributed by atoms with Crippen molar-refractivity contribution in [2.24, 2.45) is 0 Å². The van der Waals surface area contributed by atoms with Crippen molar-refractivity contribution in [3.63, 3.8) is 0 Å². The van der Waals surface area contributed by atoms with Crippen LogP contribution in [0.2, 0.25) is 0 Å². The standard InChI is InChI=1S/C25H34N7O13PS/c1-12(2)42-25(37)40-11-47-46(38,45-19-14(7-33)44-23(20(19)39-3)31-5-4-16(35)30-24(31)36)41-8-15-13(34)6-17(43-15)32-10-29-18-21(26)27-9-28-22(18)32/h4-5,9-10,12-15,17,19-20,23,33-34H,6-8,11H2,1-3H3,(H3,26,27,28,30,35,36)/p+1/t13-,14-,15-,17-,19+,20?,23-,46?/m1/s1. The zero-order valence-corrected chi connectivity index (χ0v) is 27.1. The molecular weight excluding hydrogens is 669 g/mol. The van der Waals surface area contributed by atoms with Crippen LogP contribution in [0.3, 0.4) is 0 Å². The molecule has 258 valence electrons. The smallest absolute Gasteiger partial charge is 0.432 e. The summed E-state index contributed by atoms with van der Waals surface area (Å²) in [7, 11) is 1.28. The largest absolute Gasteiger partial charge is 0.509 e. The summed E-state index contributed by atoms with van der Waals surface area (Å²) < 4.78 is 55.9. The van der Waals surface area contributed by atoms with E-state index in [1.807, 2.05) is 0 Å². The van der Waals surface area contributed by atoms with Crippen LogP contribution < -0.4 is 21.5 Å². The summed E-state index contributed by atoms with van der Waals surface area (Å²) in [5.74, 6) is -0.315. The van der Waals surface area contributed by atoms with E-state index in [4.69, 9.17) is 38.5 Å². The number of aliphatic hydroxyl groups is 2. The number of aliphatic hydroxyl groups excluding tert-OH is 2. The van der Waals surface area contributed by atoms with Gasteiger partial charge in [-0.05, 0) is 13.8 Å². The number of nitrogens with zero attached hydrogens (tertiary/aromatic N) is 4. The first-order valence-corrected chi connectivity index (χ1v) is 17.4. The number of fused-ring (bicyclic) bond motifs is 1. The Hall–Kier alpha value is -3.40. The topological polar surface area (TPSA) is 266 Å². The van der Waals surface area contributed by atoms with Gasteiger partial charge in [0.15, 0.2) is 36.9 Å². The molecule has 20 nitrogen and oxygen atoms in total. The molecule has 0 spiro atoms. The number of methoxy groups -OCH3 is 1. The quantitative estimate of drug-likeness (QED) is 0.0661. The maximum atomic E-state index is 14.2. The van der Waals surface area contributed by atoms with Gasteiger partial charge in [0.2, 0.25) is 5.52 Å². The number of carbonyl (C=O) groups is 1. The van der Waals surface area contributed by atoms with Gasteiger partial charge in [-0.25, -0.2) is 18.7 Å². The third kappa shape index (κ3) is 7.85. The van der Waals surface area contributed by atoms with E-state index in [9.17, 15) is 29.2 Å². The van der Waals surface area contributed by atoms with Gasteiger partial charge in [-0.3, -0.25) is 28.4 Å². The Balaban J connectivity index is 1.34. The molecule has 2 unspecified atom stereocenters. The molecule has 0 amide bonds.